The van der Waals surface area contributed by atoms with Crippen molar-refractivity contribution in [3.63, 3.8) is 0 Å². The van der Waals surface area contributed by atoms with E-state index in [9.17, 15) is 9.50 Å². The van der Waals surface area contributed by atoms with Crippen molar-refractivity contribution in [2.24, 2.45) is 0 Å². The van der Waals surface area contributed by atoms with E-state index >= 15 is 0 Å². The standard InChI is InChI=1S/C18H21FO/c1-12(2)15-7-5-14(6-8-15)11-18(20)16-9-4-13(3)10-17(16)19/h4-10,12,18,20H,11H2,1-3H3. The van der Waals surface area contributed by atoms with Crippen LogP contribution in [0.4, 0.5) is 4.39 Å². The van der Waals surface area contributed by atoms with Gasteiger partial charge in [0, 0.05) is 12.0 Å². The molecule has 0 aliphatic rings. The molecule has 0 saturated heterocycles. The number of hydrogen-bond acceptors (Lipinski definition) is 1. The summed E-state index contributed by atoms with van der Waals surface area (Å²) in [7, 11) is 0. The van der Waals surface area contributed by atoms with E-state index in [1.165, 1.54) is 11.6 Å². The molecule has 0 heterocycles. The molecule has 0 amide bonds. The Hall–Kier alpha value is -1.67. The first-order valence-corrected chi connectivity index (χ1v) is 7.00. The maximum Gasteiger partial charge on any atom is 0.129 e. The highest BCUT2D eigenvalue weighted by Gasteiger charge is 2.13. The van der Waals surface area contributed by atoms with E-state index < -0.39 is 6.10 Å². The van der Waals surface area contributed by atoms with Gasteiger partial charge < -0.3 is 5.11 Å². The highest BCUT2D eigenvalue weighted by Crippen LogP contribution is 2.23. The van der Waals surface area contributed by atoms with Crippen molar-refractivity contribution >= 4 is 0 Å². The van der Waals surface area contributed by atoms with Crippen molar-refractivity contribution < 1.29 is 9.50 Å². The number of hydrogen-bond donors (Lipinski definition) is 1. The summed E-state index contributed by atoms with van der Waals surface area (Å²) >= 11 is 0. The summed E-state index contributed by atoms with van der Waals surface area (Å²) in [5.41, 5.74) is 3.51. The van der Waals surface area contributed by atoms with E-state index in [1.54, 1.807) is 6.07 Å². The maximum atomic E-state index is 13.8. The maximum absolute atomic E-state index is 13.8. The average Bonchev–Trinajstić information content (AvgIpc) is 2.39. The third kappa shape index (κ3) is 3.45. The lowest BCUT2D eigenvalue weighted by molar-refractivity contribution is 0.173. The zero-order chi connectivity index (χ0) is 14.7. The predicted molar refractivity (Wildman–Crippen MR) is 80.3 cm³/mol. The largest absolute Gasteiger partial charge is 0.388 e. The van der Waals surface area contributed by atoms with Crippen LogP contribution in [-0.4, -0.2) is 5.11 Å². The van der Waals surface area contributed by atoms with E-state index in [0.717, 1.165) is 11.1 Å². The molecule has 0 saturated carbocycles. The van der Waals surface area contributed by atoms with Gasteiger partial charge in [-0.05, 0) is 35.6 Å². The summed E-state index contributed by atoms with van der Waals surface area (Å²) in [4.78, 5) is 0. The zero-order valence-corrected chi connectivity index (χ0v) is 12.2. The minimum absolute atomic E-state index is 0.337. The van der Waals surface area contributed by atoms with Gasteiger partial charge in [-0.3, -0.25) is 0 Å². The molecule has 2 aromatic carbocycles. The van der Waals surface area contributed by atoms with E-state index in [0.29, 0.717) is 17.9 Å². The molecule has 0 fully saturated rings. The zero-order valence-electron chi connectivity index (χ0n) is 12.2. The van der Waals surface area contributed by atoms with Gasteiger partial charge >= 0.3 is 0 Å². The van der Waals surface area contributed by atoms with Crippen LogP contribution in [0.5, 0.6) is 0 Å². The second kappa shape index (κ2) is 6.19. The first kappa shape index (κ1) is 14.7. The minimum atomic E-state index is -0.805. The van der Waals surface area contributed by atoms with Gasteiger partial charge in [-0.25, -0.2) is 4.39 Å². The van der Waals surface area contributed by atoms with E-state index in [1.807, 2.05) is 25.1 Å². The van der Waals surface area contributed by atoms with Crippen molar-refractivity contribution in [3.8, 4) is 0 Å². The number of rotatable bonds is 4. The number of aliphatic hydroxyl groups excluding tert-OH is 1. The van der Waals surface area contributed by atoms with Gasteiger partial charge in [0.2, 0.25) is 0 Å². The fourth-order valence-electron chi connectivity index (χ4n) is 2.27. The monoisotopic (exact) mass is 272 g/mol. The Morgan fingerprint density at radius 3 is 2.25 bits per heavy atom. The second-order valence-electron chi connectivity index (χ2n) is 5.64. The molecule has 2 heteroatoms. The highest BCUT2D eigenvalue weighted by atomic mass is 19.1. The lowest BCUT2D eigenvalue weighted by atomic mass is 9.97. The Labute approximate surface area is 120 Å². The molecule has 0 spiro atoms. The highest BCUT2D eigenvalue weighted by molar-refractivity contribution is 5.29. The van der Waals surface area contributed by atoms with Crippen LogP contribution in [0.1, 0.15) is 48.1 Å². The molecule has 2 aromatic rings. The summed E-state index contributed by atoms with van der Waals surface area (Å²) in [5.74, 6) is 0.153. The molecule has 0 aliphatic carbocycles. The second-order valence-corrected chi connectivity index (χ2v) is 5.64. The first-order valence-electron chi connectivity index (χ1n) is 7.00. The molecular formula is C18H21FO. The van der Waals surface area contributed by atoms with Crippen LogP contribution in [0.15, 0.2) is 42.5 Å². The van der Waals surface area contributed by atoms with Gasteiger partial charge in [0.1, 0.15) is 5.82 Å². The summed E-state index contributed by atoms with van der Waals surface area (Å²) < 4.78 is 13.8. The molecule has 0 aromatic heterocycles. The fraction of sp³-hybridized carbons (Fsp3) is 0.333. The lowest BCUT2D eigenvalue weighted by Gasteiger charge is -2.13. The van der Waals surface area contributed by atoms with Crippen molar-refractivity contribution in [1.29, 1.82) is 0 Å². The predicted octanol–water partition coefficient (Wildman–Crippen LogP) is 4.53. The SMILES string of the molecule is Cc1ccc(C(O)Cc2ccc(C(C)C)cc2)c(F)c1. The van der Waals surface area contributed by atoms with E-state index in [4.69, 9.17) is 0 Å². The summed E-state index contributed by atoms with van der Waals surface area (Å²) in [6.45, 7) is 6.13. The normalized spacial score (nSPS) is 12.7. The molecule has 0 radical (unpaired) electrons. The fourth-order valence-corrected chi connectivity index (χ4v) is 2.27. The summed E-state index contributed by atoms with van der Waals surface area (Å²) in [6.07, 6.45) is -0.376. The number of aryl methyl sites for hydroxylation is 1. The van der Waals surface area contributed by atoms with Crippen molar-refractivity contribution in [2.75, 3.05) is 0 Å². The Balaban J connectivity index is 2.12. The molecule has 20 heavy (non-hydrogen) atoms. The first-order chi connectivity index (χ1) is 9.47. The quantitative estimate of drug-likeness (QED) is 0.866. The van der Waals surface area contributed by atoms with Crippen LogP contribution < -0.4 is 0 Å². The number of halogens is 1. The molecule has 1 unspecified atom stereocenters. The van der Waals surface area contributed by atoms with Gasteiger partial charge in [-0.1, -0.05) is 50.2 Å². The molecule has 2 rings (SSSR count). The van der Waals surface area contributed by atoms with Gasteiger partial charge in [0.05, 0.1) is 6.10 Å². The lowest BCUT2D eigenvalue weighted by Crippen LogP contribution is -2.05. The Bertz CT molecular complexity index is 572. The van der Waals surface area contributed by atoms with Crippen molar-refractivity contribution in [3.05, 3.63) is 70.5 Å². The van der Waals surface area contributed by atoms with Crippen LogP contribution in [0.3, 0.4) is 0 Å². The average molecular weight is 272 g/mol. The van der Waals surface area contributed by atoms with E-state index in [2.05, 4.69) is 26.0 Å². The third-order valence-corrected chi connectivity index (χ3v) is 3.59. The molecule has 1 nitrogen and oxygen atoms in total. The van der Waals surface area contributed by atoms with Crippen LogP contribution in [0, 0.1) is 12.7 Å². The molecular weight excluding hydrogens is 251 g/mol. The summed E-state index contributed by atoms with van der Waals surface area (Å²) in [5, 5.41) is 10.2. The van der Waals surface area contributed by atoms with Crippen LogP contribution in [-0.2, 0) is 6.42 Å². The van der Waals surface area contributed by atoms with Crippen LogP contribution in [0.2, 0.25) is 0 Å². The minimum Gasteiger partial charge on any atom is -0.388 e. The number of aliphatic hydroxyl groups is 1. The Morgan fingerprint density at radius 1 is 1.05 bits per heavy atom. The van der Waals surface area contributed by atoms with E-state index in [-0.39, 0.29) is 5.82 Å². The topological polar surface area (TPSA) is 20.2 Å². The summed E-state index contributed by atoms with van der Waals surface area (Å²) in [6, 6.07) is 13.1. The van der Waals surface area contributed by atoms with Crippen molar-refractivity contribution in [1.82, 2.24) is 0 Å². The number of benzene rings is 2. The molecule has 0 aliphatic heterocycles. The van der Waals surface area contributed by atoms with Gasteiger partial charge in [0.15, 0.2) is 0 Å². The Morgan fingerprint density at radius 2 is 1.70 bits per heavy atom. The van der Waals surface area contributed by atoms with Crippen LogP contribution >= 0.6 is 0 Å². The molecule has 106 valence electrons. The molecule has 1 atom stereocenters. The smallest absolute Gasteiger partial charge is 0.129 e. The Kier molecular flexibility index (Phi) is 4.56. The van der Waals surface area contributed by atoms with Gasteiger partial charge in [0.25, 0.3) is 0 Å². The van der Waals surface area contributed by atoms with Crippen molar-refractivity contribution in [2.45, 2.75) is 39.2 Å². The molecule has 1 N–H and O–H groups in total. The third-order valence-electron chi connectivity index (χ3n) is 3.59. The van der Waals surface area contributed by atoms with Crippen LogP contribution in [0.25, 0.3) is 0 Å². The molecule has 0 bridgehead atoms. The van der Waals surface area contributed by atoms with Gasteiger partial charge in [-0.2, -0.15) is 0 Å². The van der Waals surface area contributed by atoms with Gasteiger partial charge in [-0.15, -0.1) is 0 Å².